The van der Waals surface area contributed by atoms with Gasteiger partial charge in [0, 0.05) is 13.2 Å². The van der Waals surface area contributed by atoms with Gasteiger partial charge in [0.05, 0.1) is 17.1 Å². The molecule has 5 nitrogen and oxygen atoms in total. The van der Waals surface area contributed by atoms with E-state index in [0.717, 1.165) is 29.7 Å². The molecule has 1 aliphatic rings. The number of aryl methyl sites for hydroxylation is 1. The second-order valence-corrected chi connectivity index (χ2v) is 6.67. The van der Waals surface area contributed by atoms with Crippen molar-refractivity contribution in [3.63, 3.8) is 0 Å². The number of imidazole rings is 1. The summed E-state index contributed by atoms with van der Waals surface area (Å²) in [6.07, 6.45) is 3.73. The molecule has 128 valence electrons. The minimum absolute atomic E-state index is 0.0488. The van der Waals surface area contributed by atoms with Crippen LogP contribution in [-0.2, 0) is 0 Å². The molecule has 1 aromatic carbocycles. The van der Waals surface area contributed by atoms with E-state index in [-0.39, 0.29) is 17.8 Å². The van der Waals surface area contributed by atoms with Gasteiger partial charge in [-0.15, -0.1) is 0 Å². The van der Waals surface area contributed by atoms with Crippen LogP contribution in [0.4, 0.5) is 4.39 Å². The number of carbonyl (C=O) groups excluding carboxylic acids is 1. The van der Waals surface area contributed by atoms with Gasteiger partial charge in [-0.05, 0) is 49.4 Å². The van der Waals surface area contributed by atoms with Crippen LogP contribution in [0.2, 0.25) is 0 Å². The molecule has 2 heterocycles. The highest BCUT2D eigenvalue weighted by atomic mass is 19.1. The van der Waals surface area contributed by atoms with Gasteiger partial charge in [-0.1, -0.05) is 12.1 Å². The lowest BCUT2D eigenvalue weighted by Crippen LogP contribution is -2.32. The molecule has 6 heteroatoms. The van der Waals surface area contributed by atoms with E-state index in [1.807, 2.05) is 6.92 Å². The second-order valence-electron chi connectivity index (χ2n) is 6.67. The van der Waals surface area contributed by atoms with E-state index in [4.69, 9.17) is 0 Å². The molecule has 0 saturated heterocycles. The summed E-state index contributed by atoms with van der Waals surface area (Å²) in [5.41, 5.74) is 2.84. The smallest absolute Gasteiger partial charge is 0.255 e. The lowest BCUT2D eigenvalue weighted by molar-refractivity contribution is 0.0710. The Labute approximate surface area is 144 Å². The number of nitrogens with zero attached hydrogens (tertiary/aromatic N) is 3. The minimum atomic E-state index is -0.267. The molecule has 2 aromatic heterocycles. The zero-order valence-electron chi connectivity index (χ0n) is 14.2. The van der Waals surface area contributed by atoms with Crippen molar-refractivity contribution in [2.75, 3.05) is 7.05 Å². The Kier molecular flexibility index (Phi) is 3.75. The number of nitrogens with one attached hydrogen (secondary N) is 1. The van der Waals surface area contributed by atoms with Crippen LogP contribution in [0.1, 0.15) is 40.6 Å². The summed E-state index contributed by atoms with van der Waals surface area (Å²) in [5.74, 6) is 0.826. The SMILES string of the molecule is Cc1nc2ncc(C(=O)N(C)[C@H](c3ccc(F)cc3)C3CC3)cc2[nH]1. The molecule has 0 radical (unpaired) electrons. The van der Waals surface area contributed by atoms with Crippen molar-refractivity contribution >= 4 is 17.1 Å². The number of rotatable bonds is 4. The first-order chi connectivity index (χ1) is 12.0. The maximum atomic E-state index is 13.2. The summed E-state index contributed by atoms with van der Waals surface area (Å²) < 4.78 is 13.2. The topological polar surface area (TPSA) is 61.9 Å². The molecule has 1 saturated carbocycles. The number of halogens is 1. The lowest BCUT2D eigenvalue weighted by Gasteiger charge is -2.29. The van der Waals surface area contributed by atoms with Crippen molar-refractivity contribution in [3.05, 3.63) is 59.3 Å². The third-order valence-electron chi connectivity index (χ3n) is 4.72. The highest BCUT2D eigenvalue weighted by Gasteiger charge is 2.37. The summed E-state index contributed by atoms with van der Waals surface area (Å²) in [6.45, 7) is 1.85. The van der Waals surface area contributed by atoms with Crippen molar-refractivity contribution in [1.82, 2.24) is 19.9 Å². The number of hydrogen-bond donors (Lipinski definition) is 1. The highest BCUT2D eigenvalue weighted by molar-refractivity contribution is 5.96. The molecular weight excluding hydrogens is 319 g/mol. The Morgan fingerprint density at radius 2 is 2.04 bits per heavy atom. The Hall–Kier alpha value is -2.76. The molecule has 0 unspecified atom stereocenters. The number of amides is 1. The van der Waals surface area contributed by atoms with Gasteiger partial charge >= 0.3 is 0 Å². The third-order valence-corrected chi connectivity index (χ3v) is 4.72. The van der Waals surface area contributed by atoms with E-state index in [2.05, 4.69) is 15.0 Å². The molecule has 0 spiro atoms. The highest BCUT2D eigenvalue weighted by Crippen LogP contribution is 2.44. The van der Waals surface area contributed by atoms with E-state index in [1.165, 1.54) is 12.1 Å². The Morgan fingerprint density at radius 3 is 2.72 bits per heavy atom. The quantitative estimate of drug-likeness (QED) is 0.790. The standard InChI is InChI=1S/C19H19FN4O/c1-11-22-16-9-14(10-21-18(16)23-11)19(25)24(2)17(12-3-4-12)13-5-7-15(20)8-6-13/h5-10,12,17H,3-4H2,1-2H3,(H,21,22,23)/t17-/m0/s1. The van der Waals surface area contributed by atoms with Crippen LogP contribution in [0.15, 0.2) is 36.5 Å². The van der Waals surface area contributed by atoms with Gasteiger partial charge in [0.2, 0.25) is 0 Å². The zero-order valence-corrected chi connectivity index (χ0v) is 14.2. The number of carbonyl (C=O) groups is 1. The Balaban J connectivity index is 1.65. The number of H-pyrrole nitrogens is 1. The number of aromatic nitrogens is 3. The van der Waals surface area contributed by atoms with Crippen molar-refractivity contribution < 1.29 is 9.18 Å². The molecule has 1 N–H and O–H groups in total. The summed E-state index contributed by atoms with van der Waals surface area (Å²) in [6, 6.07) is 8.17. The fourth-order valence-electron chi connectivity index (χ4n) is 3.35. The molecule has 1 atom stereocenters. The van der Waals surface area contributed by atoms with E-state index < -0.39 is 0 Å². The normalized spacial score (nSPS) is 15.3. The fraction of sp³-hybridized carbons (Fsp3) is 0.316. The van der Waals surface area contributed by atoms with Crippen LogP contribution in [-0.4, -0.2) is 32.8 Å². The first-order valence-electron chi connectivity index (χ1n) is 8.38. The van der Waals surface area contributed by atoms with Crippen molar-refractivity contribution in [3.8, 4) is 0 Å². The van der Waals surface area contributed by atoms with Crippen LogP contribution < -0.4 is 0 Å². The zero-order chi connectivity index (χ0) is 17.6. The van der Waals surface area contributed by atoms with Crippen LogP contribution >= 0.6 is 0 Å². The van der Waals surface area contributed by atoms with E-state index in [9.17, 15) is 9.18 Å². The van der Waals surface area contributed by atoms with Gasteiger partial charge in [-0.2, -0.15) is 0 Å². The minimum Gasteiger partial charge on any atom is -0.341 e. The van der Waals surface area contributed by atoms with Crippen LogP contribution in [0.25, 0.3) is 11.2 Å². The number of aromatic amines is 1. The maximum Gasteiger partial charge on any atom is 0.255 e. The molecule has 1 fully saturated rings. The molecule has 4 rings (SSSR count). The van der Waals surface area contributed by atoms with Gasteiger partial charge < -0.3 is 9.88 Å². The third kappa shape index (κ3) is 2.99. The Bertz CT molecular complexity index is 930. The molecule has 25 heavy (non-hydrogen) atoms. The van der Waals surface area contributed by atoms with Gasteiger partial charge in [0.25, 0.3) is 5.91 Å². The molecule has 0 bridgehead atoms. The van der Waals surface area contributed by atoms with Gasteiger partial charge in [0.1, 0.15) is 11.6 Å². The maximum absolute atomic E-state index is 13.2. The summed E-state index contributed by atoms with van der Waals surface area (Å²) in [4.78, 5) is 26.4. The largest absolute Gasteiger partial charge is 0.341 e. The predicted molar refractivity (Wildman–Crippen MR) is 92.6 cm³/mol. The van der Waals surface area contributed by atoms with Crippen LogP contribution in [0, 0.1) is 18.7 Å². The first-order valence-corrected chi connectivity index (χ1v) is 8.38. The average Bonchev–Trinajstić information content (AvgIpc) is 3.35. The van der Waals surface area contributed by atoms with Crippen LogP contribution in [0.3, 0.4) is 0 Å². The van der Waals surface area contributed by atoms with Gasteiger partial charge in [0.15, 0.2) is 5.65 Å². The molecule has 3 aromatic rings. The predicted octanol–water partition coefficient (Wildman–Crippen LogP) is 3.63. The van der Waals surface area contributed by atoms with E-state index in [0.29, 0.717) is 17.1 Å². The first kappa shape index (κ1) is 15.7. The van der Waals surface area contributed by atoms with Crippen LogP contribution in [0.5, 0.6) is 0 Å². The fourth-order valence-corrected chi connectivity index (χ4v) is 3.35. The number of benzene rings is 1. The van der Waals surface area contributed by atoms with Gasteiger partial charge in [-0.25, -0.2) is 14.4 Å². The van der Waals surface area contributed by atoms with Crippen molar-refractivity contribution in [1.29, 1.82) is 0 Å². The van der Waals surface area contributed by atoms with Gasteiger partial charge in [-0.3, -0.25) is 4.79 Å². The molecule has 0 aliphatic heterocycles. The van der Waals surface area contributed by atoms with Crippen molar-refractivity contribution in [2.45, 2.75) is 25.8 Å². The van der Waals surface area contributed by atoms with Crippen molar-refractivity contribution in [2.24, 2.45) is 5.92 Å². The monoisotopic (exact) mass is 338 g/mol. The summed E-state index contributed by atoms with van der Waals surface area (Å²) >= 11 is 0. The number of fused-ring (bicyclic) bond motifs is 1. The molecule has 1 aliphatic carbocycles. The average molecular weight is 338 g/mol. The van der Waals surface area contributed by atoms with E-state index >= 15 is 0 Å². The second kappa shape index (κ2) is 5.95. The summed E-state index contributed by atoms with van der Waals surface area (Å²) in [5, 5.41) is 0. The summed E-state index contributed by atoms with van der Waals surface area (Å²) in [7, 11) is 1.80. The molecular formula is C19H19FN4O. The Morgan fingerprint density at radius 1 is 1.32 bits per heavy atom. The number of pyridine rings is 1. The lowest BCUT2D eigenvalue weighted by atomic mass is 10.00. The molecule has 1 amide bonds. The van der Waals surface area contributed by atoms with E-state index in [1.54, 1.807) is 36.3 Å². The number of hydrogen-bond acceptors (Lipinski definition) is 3.